The Morgan fingerprint density at radius 2 is 1.71 bits per heavy atom. The van der Waals surface area contributed by atoms with Crippen molar-refractivity contribution in [3.63, 3.8) is 0 Å². The van der Waals surface area contributed by atoms with E-state index in [0.717, 1.165) is 0 Å². The molecule has 0 radical (unpaired) electrons. The minimum Gasteiger partial charge on any atom is -0.507 e. The Morgan fingerprint density at radius 1 is 1.04 bits per heavy atom. The maximum absolute atomic E-state index is 12.7. The fraction of sp³-hybridized carbons (Fsp3) is 0.167. The molecule has 0 unspecified atom stereocenters. The quantitative estimate of drug-likeness (QED) is 0.762. The van der Waals surface area contributed by atoms with Crippen LogP contribution in [0.2, 0.25) is 0 Å². The molecule has 0 aliphatic heterocycles. The van der Waals surface area contributed by atoms with Gasteiger partial charge < -0.3 is 14.9 Å². The van der Waals surface area contributed by atoms with Crippen molar-refractivity contribution in [2.45, 2.75) is 12.8 Å². The molecular formula is C18H14O6. The number of ether oxygens (including phenoxy) is 1. The number of hydrogen-bond acceptors (Lipinski definition) is 5. The van der Waals surface area contributed by atoms with Gasteiger partial charge in [-0.2, -0.15) is 0 Å². The van der Waals surface area contributed by atoms with Gasteiger partial charge in [0.05, 0.1) is 18.2 Å². The molecule has 0 saturated carbocycles. The van der Waals surface area contributed by atoms with Gasteiger partial charge in [-0.1, -0.05) is 18.2 Å². The fourth-order valence-electron chi connectivity index (χ4n) is 2.89. The van der Waals surface area contributed by atoms with Gasteiger partial charge in [0, 0.05) is 17.5 Å². The number of ketones is 2. The molecule has 0 saturated heterocycles. The van der Waals surface area contributed by atoms with E-state index in [1.165, 1.54) is 25.3 Å². The number of benzene rings is 2. The summed E-state index contributed by atoms with van der Waals surface area (Å²) in [6.07, 6.45) is -0.111. The summed E-state index contributed by atoms with van der Waals surface area (Å²) in [4.78, 5) is 36.2. The Balaban J connectivity index is 2.16. The summed E-state index contributed by atoms with van der Waals surface area (Å²) in [6, 6.07) is 7.62. The van der Waals surface area contributed by atoms with Gasteiger partial charge in [-0.05, 0) is 24.1 Å². The van der Waals surface area contributed by atoms with Crippen molar-refractivity contribution in [2.75, 3.05) is 7.11 Å². The van der Waals surface area contributed by atoms with Gasteiger partial charge in [0.1, 0.15) is 11.5 Å². The molecular weight excluding hydrogens is 312 g/mol. The number of fused-ring (bicyclic) bond motifs is 2. The van der Waals surface area contributed by atoms with Gasteiger partial charge in [-0.15, -0.1) is 0 Å². The molecule has 1 aliphatic rings. The standard InChI is InChI=1S/C18H14O6/c1-24-12-4-2-3-10-14(12)17(22)11-7-5-9(6-8-13(19)20)16(21)15(11)18(10)23/h2-5,7,21H,6,8H2,1H3,(H,19,20). The van der Waals surface area contributed by atoms with Crippen LogP contribution in [-0.2, 0) is 11.2 Å². The van der Waals surface area contributed by atoms with Gasteiger partial charge in [0.2, 0.25) is 0 Å². The molecule has 1 aliphatic carbocycles. The van der Waals surface area contributed by atoms with Crippen LogP contribution in [0.15, 0.2) is 30.3 Å². The van der Waals surface area contributed by atoms with Crippen molar-refractivity contribution in [3.8, 4) is 11.5 Å². The number of aliphatic carboxylic acids is 1. The zero-order valence-corrected chi connectivity index (χ0v) is 12.8. The highest BCUT2D eigenvalue weighted by molar-refractivity contribution is 6.30. The summed E-state index contributed by atoms with van der Waals surface area (Å²) >= 11 is 0. The number of methoxy groups -OCH3 is 1. The molecule has 122 valence electrons. The highest BCUT2D eigenvalue weighted by Crippen LogP contribution is 2.38. The molecule has 24 heavy (non-hydrogen) atoms. The molecule has 0 fully saturated rings. The lowest BCUT2D eigenvalue weighted by atomic mass is 9.82. The van der Waals surface area contributed by atoms with Gasteiger partial charge in [0.15, 0.2) is 11.6 Å². The van der Waals surface area contributed by atoms with Crippen LogP contribution in [0.5, 0.6) is 11.5 Å². The zero-order valence-electron chi connectivity index (χ0n) is 12.8. The smallest absolute Gasteiger partial charge is 0.303 e. The third-order valence-electron chi connectivity index (χ3n) is 4.06. The van der Waals surface area contributed by atoms with Crippen LogP contribution in [0.1, 0.15) is 43.8 Å². The van der Waals surface area contributed by atoms with E-state index in [1.54, 1.807) is 12.1 Å². The topological polar surface area (TPSA) is 101 Å². The molecule has 0 heterocycles. The van der Waals surface area contributed by atoms with E-state index in [9.17, 15) is 19.5 Å². The lowest BCUT2D eigenvalue weighted by Crippen LogP contribution is -2.22. The predicted octanol–water partition coefficient (Wildman–Crippen LogP) is 2.19. The Bertz CT molecular complexity index is 881. The van der Waals surface area contributed by atoms with Crippen LogP contribution in [0.4, 0.5) is 0 Å². The monoisotopic (exact) mass is 326 g/mol. The highest BCUT2D eigenvalue weighted by Gasteiger charge is 2.34. The number of carbonyl (C=O) groups is 3. The minimum atomic E-state index is -1.01. The molecule has 0 amide bonds. The SMILES string of the molecule is COc1cccc2c1C(=O)c1ccc(CCC(=O)O)c(O)c1C2=O. The van der Waals surface area contributed by atoms with Crippen LogP contribution < -0.4 is 4.74 Å². The lowest BCUT2D eigenvalue weighted by molar-refractivity contribution is -0.136. The van der Waals surface area contributed by atoms with Gasteiger partial charge in [-0.3, -0.25) is 14.4 Å². The normalized spacial score (nSPS) is 12.5. The van der Waals surface area contributed by atoms with E-state index in [1.807, 2.05) is 0 Å². The van der Waals surface area contributed by atoms with Crippen molar-refractivity contribution in [3.05, 3.63) is 58.1 Å². The summed E-state index contributed by atoms with van der Waals surface area (Å²) in [7, 11) is 1.41. The molecule has 6 heteroatoms. The molecule has 2 N–H and O–H groups in total. The van der Waals surface area contributed by atoms with Crippen molar-refractivity contribution in [1.82, 2.24) is 0 Å². The zero-order chi connectivity index (χ0) is 17.4. The number of phenols is 1. The first-order valence-corrected chi connectivity index (χ1v) is 7.28. The number of carbonyl (C=O) groups excluding carboxylic acids is 2. The van der Waals surface area contributed by atoms with E-state index >= 15 is 0 Å². The Hall–Kier alpha value is -3.15. The molecule has 2 aromatic carbocycles. The molecule has 0 spiro atoms. The number of carboxylic acid groups (broad SMARTS) is 1. The van der Waals surface area contributed by atoms with E-state index in [2.05, 4.69) is 0 Å². The number of carboxylic acids is 1. The van der Waals surface area contributed by atoms with E-state index in [-0.39, 0.29) is 40.8 Å². The number of aryl methyl sites for hydroxylation is 1. The first kappa shape index (κ1) is 15.7. The van der Waals surface area contributed by atoms with Crippen LogP contribution in [0, 0.1) is 0 Å². The molecule has 6 nitrogen and oxygen atoms in total. The Morgan fingerprint density at radius 3 is 2.38 bits per heavy atom. The highest BCUT2D eigenvalue weighted by atomic mass is 16.5. The van der Waals surface area contributed by atoms with Gasteiger partial charge >= 0.3 is 5.97 Å². The van der Waals surface area contributed by atoms with E-state index in [4.69, 9.17) is 9.84 Å². The molecule has 2 aromatic rings. The van der Waals surface area contributed by atoms with Crippen LogP contribution in [0.25, 0.3) is 0 Å². The third kappa shape index (κ3) is 2.32. The average Bonchev–Trinajstić information content (AvgIpc) is 2.57. The lowest BCUT2D eigenvalue weighted by Gasteiger charge is -2.21. The second-order valence-corrected chi connectivity index (χ2v) is 5.43. The fourth-order valence-corrected chi connectivity index (χ4v) is 2.89. The third-order valence-corrected chi connectivity index (χ3v) is 4.06. The predicted molar refractivity (Wildman–Crippen MR) is 83.9 cm³/mol. The number of rotatable bonds is 4. The Labute approximate surface area is 137 Å². The molecule has 0 aromatic heterocycles. The Kier molecular flexibility index (Phi) is 3.81. The first-order valence-electron chi connectivity index (χ1n) is 7.28. The molecule has 3 rings (SSSR count). The van der Waals surface area contributed by atoms with Crippen molar-refractivity contribution in [2.24, 2.45) is 0 Å². The number of phenolic OH excluding ortho intramolecular Hbond substituents is 1. The number of aromatic hydroxyl groups is 1. The summed E-state index contributed by atoms with van der Waals surface area (Å²) in [5, 5.41) is 19.2. The largest absolute Gasteiger partial charge is 0.507 e. The average molecular weight is 326 g/mol. The summed E-state index contributed by atoms with van der Waals surface area (Å²) in [6.45, 7) is 0. The number of hydrogen-bond donors (Lipinski definition) is 2. The maximum atomic E-state index is 12.7. The van der Waals surface area contributed by atoms with Crippen molar-refractivity contribution < 1.29 is 29.3 Å². The van der Waals surface area contributed by atoms with Crippen LogP contribution in [-0.4, -0.2) is 34.9 Å². The van der Waals surface area contributed by atoms with Gasteiger partial charge in [-0.25, -0.2) is 0 Å². The summed E-state index contributed by atoms with van der Waals surface area (Å²) in [5.74, 6) is -1.93. The molecule has 0 atom stereocenters. The molecule has 0 bridgehead atoms. The van der Waals surface area contributed by atoms with Crippen molar-refractivity contribution >= 4 is 17.5 Å². The second kappa shape index (κ2) is 5.81. The van der Waals surface area contributed by atoms with Gasteiger partial charge in [0.25, 0.3) is 0 Å². The minimum absolute atomic E-state index is 0.0703. The van der Waals surface area contributed by atoms with E-state index in [0.29, 0.717) is 11.3 Å². The maximum Gasteiger partial charge on any atom is 0.303 e. The second-order valence-electron chi connectivity index (χ2n) is 5.43. The van der Waals surface area contributed by atoms with E-state index < -0.39 is 17.5 Å². The van der Waals surface area contributed by atoms with Crippen molar-refractivity contribution in [1.29, 1.82) is 0 Å². The van der Waals surface area contributed by atoms with Crippen LogP contribution >= 0.6 is 0 Å². The van der Waals surface area contributed by atoms with Crippen LogP contribution in [0.3, 0.4) is 0 Å². The summed E-state index contributed by atoms with van der Waals surface area (Å²) < 4.78 is 5.16. The first-order chi connectivity index (χ1) is 11.5. The summed E-state index contributed by atoms with van der Waals surface area (Å²) in [5.41, 5.74) is 0.675.